The summed E-state index contributed by atoms with van der Waals surface area (Å²) >= 11 is 0. The maximum atomic E-state index is 13.8. The van der Waals surface area contributed by atoms with Gasteiger partial charge in [0.25, 0.3) is 16.4 Å². The Morgan fingerprint density at radius 1 is 1.03 bits per heavy atom. The van der Waals surface area contributed by atoms with Crippen LogP contribution in [0, 0.1) is 5.82 Å². The first kappa shape index (κ1) is 24.2. The third-order valence-electron chi connectivity index (χ3n) is 5.29. The van der Waals surface area contributed by atoms with Crippen LogP contribution in [0.25, 0.3) is 10.9 Å². The van der Waals surface area contributed by atoms with E-state index in [1.165, 1.54) is 6.07 Å². The summed E-state index contributed by atoms with van der Waals surface area (Å²) in [5.41, 5.74) is -1.06. The molecule has 0 amide bonds. The summed E-state index contributed by atoms with van der Waals surface area (Å²) in [6.07, 6.45) is -7.81. The third kappa shape index (κ3) is 4.80. The van der Waals surface area contributed by atoms with Gasteiger partial charge in [0.1, 0.15) is 17.3 Å². The molecule has 0 unspecified atom stereocenters. The summed E-state index contributed by atoms with van der Waals surface area (Å²) in [5, 5.41) is 3.16. The van der Waals surface area contributed by atoms with Crippen molar-refractivity contribution in [3.8, 4) is 5.75 Å². The lowest BCUT2D eigenvalue weighted by Crippen LogP contribution is -2.43. The van der Waals surface area contributed by atoms with E-state index < -0.39 is 45.6 Å². The Labute approximate surface area is 190 Å². The number of rotatable bonds is 6. The molecule has 0 radical (unpaired) electrons. The number of alkyl halides is 5. The van der Waals surface area contributed by atoms with Crippen molar-refractivity contribution >= 4 is 26.6 Å². The minimum absolute atomic E-state index is 0.0769. The number of anilines is 1. The molecule has 0 spiro atoms. The van der Waals surface area contributed by atoms with Crippen molar-refractivity contribution in [3.05, 3.63) is 54.0 Å². The highest BCUT2D eigenvalue weighted by Crippen LogP contribution is 2.36. The van der Waals surface area contributed by atoms with E-state index in [-0.39, 0.29) is 22.3 Å². The van der Waals surface area contributed by atoms with E-state index >= 15 is 0 Å². The Hall–Kier alpha value is -2.93. The largest absolute Gasteiger partial charge is 0.482 e. The van der Waals surface area contributed by atoms with Crippen LogP contribution < -0.4 is 15.0 Å². The Kier molecular flexibility index (Phi) is 6.42. The number of nitrogens with zero attached hydrogens (tertiary/aromatic N) is 2. The molecular formula is C21H19F6N3O3S. The van der Waals surface area contributed by atoms with E-state index in [0.29, 0.717) is 30.2 Å². The van der Waals surface area contributed by atoms with E-state index in [1.807, 2.05) is 0 Å². The van der Waals surface area contributed by atoms with Crippen LogP contribution in [-0.2, 0) is 10.0 Å². The molecule has 6 nitrogen and oxygen atoms in total. The van der Waals surface area contributed by atoms with Gasteiger partial charge in [0.15, 0.2) is 6.61 Å². The van der Waals surface area contributed by atoms with Crippen LogP contribution in [0.15, 0.2) is 47.4 Å². The van der Waals surface area contributed by atoms with Gasteiger partial charge in [-0.2, -0.15) is 13.2 Å². The van der Waals surface area contributed by atoms with E-state index in [0.717, 1.165) is 36.4 Å². The number of benzene rings is 2. The van der Waals surface area contributed by atoms with Crippen molar-refractivity contribution in [1.29, 1.82) is 0 Å². The second-order valence-electron chi connectivity index (χ2n) is 7.61. The number of aromatic nitrogens is 1. The maximum absolute atomic E-state index is 13.8. The molecule has 34 heavy (non-hydrogen) atoms. The highest BCUT2D eigenvalue weighted by atomic mass is 32.2. The molecule has 1 aliphatic heterocycles. The normalized spacial score (nSPS) is 15.3. The van der Waals surface area contributed by atoms with Crippen LogP contribution in [0.4, 0.5) is 32.0 Å². The molecule has 0 bridgehead atoms. The number of halogens is 6. The molecule has 1 saturated heterocycles. The summed E-state index contributed by atoms with van der Waals surface area (Å²) < 4.78 is 112. The summed E-state index contributed by atoms with van der Waals surface area (Å²) in [6, 6.07) is 7.11. The number of hydrogen-bond acceptors (Lipinski definition) is 5. The van der Waals surface area contributed by atoms with E-state index in [4.69, 9.17) is 4.74 Å². The average Bonchev–Trinajstić information content (AvgIpc) is 3.17. The predicted molar refractivity (Wildman–Crippen MR) is 113 cm³/mol. The zero-order valence-electron chi connectivity index (χ0n) is 17.4. The standard InChI is InChI=1S/C21H19F6N3O3S/c22-14-2-1-13-9-18(20(23)24)30(16(13)10-14)34(31,32)15-3-4-19(33-12-21(25,26)27)17(11-15)29-7-5-28-6-8-29/h1-4,9-11,20,28H,5-8,12H2. The van der Waals surface area contributed by atoms with Gasteiger partial charge in [-0.3, -0.25) is 0 Å². The second kappa shape index (κ2) is 9.02. The Morgan fingerprint density at radius 2 is 1.74 bits per heavy atom. The highest BCUT2D eigenvalue weighted by molar-refractivity contribution is 7.90. The first-order valence-electron chi connectivity index (χ1n) is 10.1. The molecule has 1 fully saturated rings. The molecule has 0 aliphatic carbocycles. The molecular weight excluding hydrogens is 488 g/mol. The summed E-state index contributed by atoms with van der Waals surface area (Å²) in [6.45, 7) is 0.104. The quantitative estimate of drug-likeness (QED) is 0.504. The van der Waals surface area contributed by atoms with Crippen LogP contribution in [0.2, 0.25) is 0 Å². The average molecular weight is 507 g/mol. The van der Waals surface area contributed by atoms with Crippen LogP contribution in [0.5, 0.6) is 5.75 Å². The fourth-order valence-corrected chi connectivity index (χ4v) is 5.33. The third-order valence-corrected chi connectivity index (χ3v) is 7.03. The highest BCUT2D eigenvalue weighted by Gasteiger charge is 2.31. The molecule has 0 saturated carbocycles. The van der Waals surface area contributed by atoms with Crippen molar-refractivity contribution in [3.63, 3.8) is 0 Å². The number of piperazine rings is 1. The molecule has 1 aliphatic rings. The lowest BCUT2D eigenvalue weighted by molar-refractivity contribution is -0.153. The van der Waals surface area contributed by atoms with Gasteiger partial charge in [0.2, 0.25) is 0 Å². The Bertz CT molecular complexity index is 1300. The van der Waals surface area contributed by atoms with Crippen molar-refractivity contribution < 1.29 is 39.5 Å². The molecule has 3 aromatic rings. The monoisotopic (exact) mass is 507 g/mol. The van der Waals surface area contributed by atoms with Crippen LogP contribution >= 0.6 is 0 Å². The number of fused-ring (bicyclic) bond motifs is 1. The predicted octanol–water partition coefficient (Wildman–Crippen LogP) is 4.31. The minimum atomic E-state index is -4.69. The molecule has 184 valence electrons. The fraction of sp³-hybridized carbons (Fsp3) is 0.333. The lowest BCUT2D eigenvalue weighted by Gasteiger charge is -2.31. The Balaban J connectivity index is 1.85. The topological polar surface area (TPSA) is 63.6 Å². The minimum Gasteiger partial charge on any atom is -0.482 e. The van der Waals surface area contributed by atoms with E-state index in [2.05, 4.69) is 5.32 Å². The lowest BCUT2D eigenvalue weighted by atomic mass is 10.2. The van der Waals surface area contributed by atoms with Crippen molar-refractivity contribution in [2.75, 3.05) is 37.7 Å². The molecule has 0 atom stereocenters. The summed E-state index contributed by atoms with van der Waals surface area (Å²) in [5.74, 6) is -1.02. The van der Waals surface area contributed by atoms with Gasteiger partial charge in [0.05, 0.1) is 16.1 Å². The van der Waals surface area contributed by atoms with Gasteiger partial charge >= 0.3 is 6.18 Å². The fourth-order valence-electron chi connectivity index (χ4n) is 3.79. The SMILES string of the molecule is O=S(=O)(c1ccc(OCC(F)(F)F)c(N2CCNCC2)c1)n1c(C(F)F)cc2ccc(F)cc21. The molecule has 1 N–H and O–H groups in total. The number of hydrogen-bond donors (Lipinski definition) is 1. The zero-order valence-corrected chi connectivity index (χ0v) is 18.3. The number of ether oxygens (including phenoxy) is 1. The van der Waals surface area contributed by atoms with Crippen LogP contribution in [-0.4, -0.2) is 51.4 Å². The van der Waals surface area contributed by atoms with Gasteiger partial charge < -0.3 is 15.0 Å². The first-order chi connectivity index (χ1) is 16.0. The maximum Gasteiger partial charge on any atom is 0.422 e. The molecule has 4 rings (SSSR count). The molecule has 13 heteroatoms. The summed E-state index contributed by atoms with van der Waals surface area (Å²) in [4.78, 5) is 1.19. The second-order valence-corrected chi connectivity index (χ2v) is 9.40. The van der Waals surface area contributed by atoms with Gasteiger partial charge in [0, 0.05) is 31.6 Å². The Morgan fingerprint density at radius 3 is 2.38 bits per heavy atom. The zero-order chi connectivity index (χ0) is 24.7. The van der Waals surface area contributed by atoms with Gasteiger partial charge in [-0.25, -0.2) is 25.6 Å². The van der Waals surface area contributed by atoms with Crippen LogP contribution in [0.1, 0.15) is 12.1 Å². The smallest absolute Gasteiger partial charge is 0.422 e. The first-order valence-corrected chi connectivity index (χ1v) is 11.6. The molecule has 2 heterocycles. The van der Waals surface area contributed by atoms with Crippen LogP contribution in [0.3, 0.4) is 0 Å². The van der Waals surface area contributed by atoms with Gasteiger partial charge in [-0.15, -0.1) is 0 Å². The van der Waals surface area contributed by atoms with E-state index in [9.17, 15) is 34.8 Å². The van der Waals surface area contributed by atoms with Gasteiger partial charge in [-0.1, -0.05) is 0 Å². The van der Waals surface area contributed by atoms with Crippen molar-refractivity contribution in [1.82, 2.24) is 9.29 Å². The van der Waals surface area contributed by atoms with E-state index in [1.54, 1.807) is 4.90 Å². The number of nitrogens with one attached hydrogen (secondary N) is 1. The van der Waals surface area contributed by atoms with Crippen molar-refractivity contribution in [2.24, 2.45) is 0 Å². The molecule has 2 aromatic carbocycles. The summed E-state index contributed by atoms with van der Waals surface area (Å²) in [7, 11) is -4.69. The molecule has 1 aromatic heterocycles. The van der Waals surface area contributed by atoms with Crippen molar-refractivity contribution in [2.45, 2.75) is 17.5 Å². The van der Waals surface area contributed by atoms with Gasteiger partial charge in [-0.05, 0) is 42.5 Å².